The van der Waals surface area contributed by atoms with Gasteiger partial charge in [0.2, 0.25) is 5.91 Å². The normalized spacial score (nSPS) is 18.0. The molecule has 3 aromatic rings. The minimum Gasteiger partial charge on any atom is -0.467 e. The first kappa shape index (κ1) is 21.4. The Hall–Kier alpha value is -3.87. The first-order valence-electron chi connectivity index (χ1n) is 10.4. The molecule has 32 heavy (non-hydrogen) atoms. The number of nitrogens with zero attached hydrogens (tertiary/aromatic N) is 2. The van der Waals surface area contributed by atoms with Crippen molar-refractivity contribution in [2.24, 2.45) is 0 Å². The average molecular weight is 431 g/mol. The number of hydrogen-bond acceptors (Lipinski definition) is 4. The molecule has 1 N–H and O–H groups in total. The molecule has 1 saturated heterocycles. The molecule has 2 heterocycles. The lowest BCUT2D eigenvalue weighted by Gasteiger charge is -2.28. The lowest BCUT2D eigenvalue weighted by molar-refractivity contribution is -0.138. The molecule has 0 unspecified atom stereocenters. The molecular formula is C25H25N3O4. The summed E-state index contributed by atoms with van der Waals surface area (Å²) in [6.45, 7) is 3.84. The predicted octanol–water partition coefficient (Wildman–Crippen LogP) is 3.35. The van der Waals surface area contributed by atoms with E-state index in [1.54, 1.807) is 19.2 Å². The number of hydrogen-bond donors (Lipinski definition) is 1. The molecule has 1 fully saturated rings. The number of likely N-dealkylation sites (N-methyl/N-ethyl adjacent to an activating group) is 1. The first-order chi connectivity index (χ1) is 15.3. The maximum atomic E-state index is 13.8. The molecule has 0 bridgehead atoms. The Kier molecular flexibility index (Phi) is 5.57. The van der Waals surface area contributed by atoms with Crippen molar-refractivity contribution in [3.05, 3.63) is 94.9 Å². The number of rotatable bonds is 6. The van der Waals surface area contributed by atoms with E-state index in [2.05, 4.69) is 5.32 Å². The van der Waals surface area contributed by atoms with Gasteiger partial charge in [0.25, 0.3) is 5.91 Å². The third-order valence-corrected chi connectivity index (χ3v) is 5.94. The molecule has 1 aromatic heterocycles. The van der Waals surface area contributed by atoms with Crippen molar-refractivity contribution >= 4 is 17.8 Å². The van der Waals surface area contributed by atoms with Gasteiger partial charge in [0.1, 0.15) is 12.3 Å². The molecule has 1 aliphatic heterocycles. The quantitative estimate of drug-likeness (QED) is 0.607. The average Bonchev–Trinajstić information content (AvgIpc) is 3.38. The Labute approximate surface area is 186 Å². The summed E-state index contributed by atoms with van der Waals surface area (Å²) < 4.78 is 5.28. The summed E-state index contributed by atoms with van der Waals surface area (Å²) in [4.78, 5) is 42.0. The second kappa shape index (κ2) is 8.34. The molecule has 164 valence electrons. The van der Waals surface area contributed by atoms with E-state index >= 15 is 0 Å². The van der Waals surface area contributed by atoms with Gasteiger partial charge >= 0.3 is 6.03 Å². The second-order valence-electron chi connectivity index (χ2n) is 8.07. The van der Waals surface area contributed by atoms with Crippen LogP contribution in [0, 0.1) is 13.8 Å². The van der Waals surface area contributed by atoms with Gasteiger partial charge < -0.3 is 14.6 Å². The SMILES string of the molecule is Cc1ccc([C@@]2(c3ccccc3)NC(=O)N(CC(=O)N(C)Cc3ccco3)C2=O)cc1C. The Morgan fingerprint density at radius 3 is 2.41 bits per heavy atom. The molecule has 2 aromatic carbocycles. The van der Waals surface area contributed by atoms with E-state index in [9.17, 15) is 14.4 Å². The van der Waals surface area contributed by atoms with E-state index < -0.39 is 17.5 Å². The Bertz CT molecular complexity index is 1160. The van der Waals surface area contributed by atoms with Crippen LogP contribution < -0.4 is 5.32 Å². The van der Waals surface area contributed by atoms with Crippen molar-refractivity contribution in [1.82, 2.24) is 15.1 Å². The van der Waals surface area contributed by atoms with E-state index in [0.717, 1.165) is 16.0 Å². The molecule has 7 nitrogen and oxygen atoms in total. The summed E-state index contributed by atoms with van der Waals surface area (Å²) in [7, 11) is 1.61. The molecule has 0 spiro atoms. The summed E-state index contributed by atoms with van der Waals surface area (Å²) >= 11 is 0. The summed E-state index contributed by atoms with van der Waals surface area (Å²) in [5.74, 6) is -0.225. The third-order valence-electron chi connectivity index (χ3n) is 5.94. The van der Waals surface area contributed by atoms with Crippen LogP contribution in [0.15, 0.2) is 71.3 Å². The number of carbonyl (C=O) groups is 3. The lowest BCUT2D eigenvalue weighted by Crippen LogP contribution is -2.46. The molecule has 1 aliphatic rings. The van der Waals surface area contributed by atoms with E-state index in [1.807, 2.05) is 62.4 Å². The molecule has 4 rings (SSSR count). The zero-order valence-electron chi connectivity index (χ0n) is 18.3. The summed E-state index contributed by atoms with van der Waals surface area (Å²) in [5, 5.41) is 2.88. The van der Waals surface area contributed by atoms with E-state index in [-0.39, 0.29) is 19.0 Å². The van der Waals surface area contributed by atoms with Crippen LogP contribution in [0.1, 0.15) is 28.0 Å². The van der Waals surface area contributed by atoms with Gasteiger partial charge in [-0.2, -0.15) is 0 Å². The van der Waals surface area contributed by atoms with Crippen molar-refractivity contribution in [2.75, 3.05) is 13.6 Å². The van der Waals surface area contributed by atoms with Crippen molar-refractivity contribution in [3.63, 3.8) is 0 Å². The molecule has 0 saturated carbocycles. The highest BCUT2D eigenvalue weighted by atomic mass is 16.3. The van der Waals surface area contributed by atoms with Crippen molar-refractivity contribution in [1.29, 1.82) is 0 Å². The Morgan fingerprint density at radius 2 is 1.75 bits per heavy atom. The highest BCUT2D eigenvalue weighted by Crippen LogP contribution is 2.36. The number of aryl methyl sites for hydroxylation is 2. The molecule has 0 radical (unpaired) electrons. The highest BCUT2D eigenvalue weighted by molar-refractivity contribution is 6.11. The van der Waals surface area contributed by atoms with E-state index in [0.29, 0.717) is 16.9 Å². The maximum absolute atomic E-state index is 13.8. The fourth-order valence-corrected chi connectivity index (χ4v) is 3.92. The predicted molar refractivity (Wildman–Crippen MR) is 119 cm³/mol. The van der Waals surface area contributed by atoms with Gasteiger partial charge in [0, 0.05) is 7.05 Å². The number of nitrogens with one attached hydrogen (secondary N) is 1. The van der Waals surface area contributed by atoms with Crippen LogP contribution in [0.2, 0.25) is 0 Å². The third kappa shape index (κ3) is 3.66. The van der Waals surface area contributed by atoms with E-state index in [4.69, 9.17) is 4.42 Å². The fourth-order valence-electron chi connectivity index (χ4n) is 3.92. The Morgan fingerprint density at radius 1 is 1.00 bits per heavy atom. The summed E-state index contributed by atoms with van der Waals surface area (Å²) in [6.07, 6.45) is 1.53. The number of imide groups is 1. The standard InChI is InChI=1S/C25H25N3O4/c1-17-11-12-20(14-18(17)2)25(19-8-5-4-6-9-19)23(30)28(24(31)26-25)16-22(29)27(3)15-21-10-7-13-32-21/h4-14H,15-16H2,1-3H3,(H,26,31)/t25-/m1/s1. The van der Waals surface area contributed by atoms with Crippen LogP contribution in [-0.2, 0) is 21.7 Å². The summed E-state index contributed by atoms with van der Waals surface area (Å²) in [5.41, 5.74) is 1.99. The monoisotopic (exact) mass is 431 g/mol. The number of benzene rings is 2. The van der Waals surface area contributed by atoms with Crippen LogP contribution >= 0.6 is 0 Å². The smallest absolute Gasteiger partial charge is 0.326 e. The molecular weight excluding hydrogens is 406 g/mol. The largest absolute Gasteiger partial charge is 0.467 e. The molecule has 0 aliphatic carbocycles. The van der Waals surface area contributed by atoms with Gasteiger partial charge in [-0.3, -0.25) is 14.5 Å². The van der Waals surface area contributed by atoms with Gasteiger partial charge in [-0.05, 0) is 48.2 Å². The fraction of sp³-hybridized carbons (Fsp3) is 0.240. The lowest BCUT2D eigenvalue weighted by atomic mass is 9.81. The number of carbonyl (C=O) groups excluding carboxylic acids is 3. The molecule has 1 atom stereocenters. The zero-order chi connectivity index (χ0) is 22.9. The minimum absolute atomic E-state index is 0.246. The van der Waals surface area contributed by atoms with Gasteiger partial charge in [-0.1, -0.05) is 48.5 Å². The second-order valence-corrected chi connectivity index (χ2v) is 8.07. The summed E-state index contributed by atoms with van der Waals surface area (Å²) in [6, 6.07) is 17.7. The van der Waals surface area contributed by atoms with Gasteiger partial charge in [0.15, 0.2) is 5.54 Å². The number of furan rings is 1. The number of urea groups is 1. The molecule has 4 amide bonds. The zero-order valence-corrected chi connectivity index (χ0v) is 18.3. The van der Waals surface area contributed by atoms with Crippen molar-refractivity contribution in [3.8, 4) is 0 Å². The van der Waals surface area contributed by atoms with Gasteiger partial charge in [-0.15, -0.1) is 0 Å². The van der Waals surface area contributed by atoms with Gasteiger partial charge in [-0.25, -0.2) is 4.79 Å². The van der Waals surface area contributed by atoms with Crippen LogP contribution in [0.5, 0.6) is 0 Å². The van der Waals surface area contributed by atoms with Crippen LogP contribution in [0.25, 0.3) is 0 Å². The molecule has 7 heteroatoms. The van der Waals surface area contributed by atoms with Crippen molar-refractivity contribution < 1.29 is 18.8 Å². The van der Waals surface area contributed by atoms with Crippen molar-refractivity contribution in [2.45, 2.75) is 25.9 Å². The van der Waals surface area contributed by atoms with Crippen LogP contribution in [0.4, 0.5) is 4.79 Å². The van der Waals surface area contributed by atoms with Crippen LogP contribution in [-0.4, -0.2) is 41.2 Å². The number of amides is 4. The Balaban J connectivity index is 1.67. The minimum atomic E-state index is -1.39. The highest BCUT2D eigenvalue weighted by Gasteiger charge is 2.54. The maximum Gasteiger partial charge on any atom is 0.326 e. The topological polar surface area (TPSA) is 82.9 Å². The van der Waals surface area contributed by atoms with E-state index in [1.165, 1.54) is 11.2 Å². The first-order valence-corrected chi connectivity index (χ1v) is 10.4. The van der Waals surface area contributed by atoms with Crippen LogP contribution in [0.3, 0.4) is 0 Å². The van der Waals surface area contributed by atoms with Gasteiger partial charge in [0.05, 0.1) is 12.8 Å².